The minimum atomic E-state index is -0.266. The van der Waals surface area contributed by atoms with E-state index >= 15 is 0 Å². The Hall–Kier alpha value is -2.96. The first-order valence-corrected chi connectivity index (χ1v) is 11.2. The smallest absolute Gasteiger partial charge is 0.282 e. The van der Waals surface area contributed by atoms with Gasteiger partial charge in [-0.15, -0.1) is 0 Å². The molecule has 2 aromatic rings. The zero-order chi connectivity index (χ0) is 23.0. The van der Waals surface area contributed by atoms with E-state index in [1.165, 1.54) is 4.90 Å². The number of rotatable bonds is 5. The summed E-state index contributed by atoms with van der Waals surface area (Å²) in [6.07, 6.45) is 0. The van der Waals surface area contributed by atoms with E-state index in [-0.39, 0.29) is 18.4 Å². The lowest BCUT2D eigenvalue weighted by molar-refractivity contribution is -0.120. The van der Waals surface area contributed by atoms with Crippen molar-refractivity contribution in [2.24, 2.45) is 0 Å². The Bertz CT molecular complexity index is 1100. The van der Waals surface area contributed by atoms with Gasteiger partial charge in [0.15, 0.2) is 0 Å². The fourth-order valence-electron chi connectivity index (χ4n) is 4.58. The molecule has 0 bridgehead atoms. The van der Waals surface area contributed by atoms with E-state index in [2.05, 4.69) is 11.0 Å². The lowest BCUT2D eigenvalue weighted by atomic mass is 9.97. The van der Waals surface area contributed by atoms with Gasteiger partial charge in [0, 0.05) is 32.7 Å². The van der Waals surface area contributed by atoms with Gasteiger partial charge in [0.05, 0.1) is 17.9 Å². The number of hydrogen-bond donors (Lipinski definition) is 1. The Kier molecular flexibility index (Phi) is 6.17. The number of aryl methyl sites for hydroxylation is 4. The van der Waals surface area contributed by atoms with Crippen molar-refractivity contribution in [3.8, 4) is 0 Å². The molecule has 2 aliphatic heterocycles. The number of anilines is 1. The first-order chi connectivity index (χ1) is 15.3. The summed E-state index contributed by atoms with van der Waals surface area (Å²) in [5.41, 5.74) is 6.67. The standard InChI is InChI=1S/C26H31N3O3/c1-17-5-8-22(20(4)15-17)23-24(28-11-9-27(10-12-28)13-14-30)26(32)29(25(23)31)21-7-6-18(2)19(3)16-21/h5-8,15-16,30H,9-14H2,1-4H3. The molecule has 0 radical (unpaired) electrons. The average Bonchev–Trinajstić information content (AvgIpc) is 3.01. The molecule has 2 aliphatic rings. The van der Waals surface area contributed by atoms with Crippen molar-refractivity contribution in [3.63, 3.8) is 0 Å². The van der Waals surface area contributed by atoms with Crippen LogP contribution >= 0.6 is 0 Å². The van der Waals surface area contributed by atoms with Gasteiger partial charge in [0.2, 0.25) is 0 Å². The van der Waals surface area contributed by atoms with Crippen molar-refractivity contribution in [1.29, 1.82) is 0 Å². The molecular weight excluding hydrogens is 402 g/mol. The lowest BCUT2D eigenvalue weighted by Gasteiger charge is -2.36. The molecule has 6 nitrogen and oxygen atoms in total. The van der Waals surface area contributed by atoms with Gasteiger partial charge in [-0.05, 0) is 62.1 Å². The monoisotopic (exact) mass is 433 g/mol. The van der Waals surface area contributed by atoms with Crippen LogP contribution in [0.3, 0.4) is 0 Å². The van der Waals surface area contributed by atoms with Crippen LogP contribution in [0.4, 0.5) is 5.69 Å². The fourth-order valence-corrected chi connectivity index (χ4v) is 4.58. The highest BCUT2D eigenvalue weighted by atomic mass is 16.3. The molecule has 1 saturated heterocycles. The number of carbonyl (C=O) groups excluding carboxylic acids is 2. The lowest BCUT2D eigenvalue weighted by Crippen LogP contribution is -2.48. The molecule has 0 aliphatic carbocycles. The normalized spacial score (nSPS) is 17.7. The fraction of sp³-hybridized carbons (Fsp3) is 0.385. The molecule has 2 amide bonds. The average molecular weight is 434 g/mol. The molecule has 4 rings (SSSR count). The van der Waals surface area contributed by atoms with Gasteiger partial charge in [0.25, 0.3) is 11.8 Å². The molecule has 0 atom stereocenters. The number of hydrogen-bond acceptors (Lipinski definition) is 5. The Morgan fingerprint density at radius 3 is 2.16 bits per heavy atom. The SMILES string of the molecule is Cc1ccc(C2=C(N3CCN(CCO)CC3)C(=O)N(c3ccc(C)c(C)c3)C2=O)c(C)c1. The minimum Gasteiger partial charge on any atom is -0.395 e. The number of carbonyl (C=O) groups is 2. The molecule has 0 unspecified atom stereocenters. The largest absolute Gasteiger partial charge is 0.395 e. The maximum Gasteiger partial charge on any atom is 0.282 e. The number of imide groups is 1. The molecule has 168 valence electrons. The molecule has 0 aromatic heterocycles. The Morgan fingerprint density at radius 2 is 1.53 bits per heavy atom. The number of benzene rings is 2. The predicted octanol–water partition coefficient (Wildman–Crippen LogP) is 2.81. The first kappa shape index (κ1) is 22.2. The van der Waals surface area contributed by atoms with Crippen molar-refractivity contribution in [2.45, 2.75) is 27.7 Å². The van der Waals surface area contributed by atoms with Crippen LogP contribution in [0.25, 0.3) is 5.57 Å². The van der Waals surface area contributed by atoms with Gasteiger partial charge in [-0.1, -0.05) is 29.8 Å². The number of piperazine rings is 1. The van der Waals surface area contributed by atoms with Crippen LogP contribution in [0.5, 0.6) is 0 Å². The van der Waals surface area contributed by atoms with Gasteiger partial charge in [-0.25, -0.2) is 4.90 Å². The van der Waals surface area contributed by atoms with Gasteiger partial charge >= 0.3 is 0 Å². The van der Waals surface area contributed by atoms with E-state index in [1.54, 1.807) is 0 Å². The second kappa shape index (κ2) is 8.88. The predicted molar refractivity (Wildman–Crippen MR) is 126 cm³/mol. The maximum atomic E-state index is 13.7. The second-order valence-corrected chi connectivity index (χ2v) is 8.81. The number of aliphatic hydroxyl groups is 1. The molecule has 32 heavy (non-hydrogen) atoms. The Morgan fingerprint density at radius 1 is 0.812 bits per heavy atom. The van der Waals surface area contributed by atoms with E-state index in [0.29, 0.717) is 36.6 Å². The third-order valence-electron chi connectivity index (χ3n) is 6.56. The van der Waals surface area contributed by atoms with Crippen molar-refractivity contribution >= 4 is 23.1 Å². The number of nitrogens with zero attached hydrogens (tertiary/aromatic N) is 3. The van der Waals surface area contributed by atoms with Gasteiger partial charge < -0.3 is 10.0 Å². The van der Waals surface area contributed by atoms with E-state index in [0.717, 1.165) is 40.9 Å². The van der Waals surface area contributed by atoms with Crippen LogP contribution in [0.1, 0.15) is 27.8 Å². The highest BCUT2D eigenvalue weighted by Crippen LogP contribution is 2.37. The summed E-state index contributed by atoms with van der Waals surface area (Å²) >= 11 is 0. The molecule has 2 heterocycles. The van der Waals surface area contributed by atoms with E-state index in [1.807, 2.05) is 62.9 Å². The van der Waals surface area contributed by atoms with Gasteiger partial charge in [-0.3, -0.25) is 14.5 Å². The number of aliphatic hydroxyl groups excluding tert-OH is 1. The first-order valence-electron chi connectivity index (χ1n) is 11.2. The van der Waals surface area contributed by atoms with Crippen LogP contribution in [-0.2, 0) is 9.59 Å². The summed E-state index contributed by atoms with van der Waals surface area (Å²) < 4.78 is 0. The number of β-amino-alcohol motifs (C(OH)–C–C–N with tert-alkyl or cyclic N) is 1. The Balaban J connectivity index is 1.78. The highest BCUT2D eigenvalue weighted by molar-refractivity contribution is 6.45. The van der Waals surface area contributed by atoms with Crippen molar-refractivity contribution in [2.75, 3.05) is 44.2 Å². The van der Waals surface area contributed by atoms with Crippen LogP contribution in [0.2, 0.25) is 0 Å². The zero-order valence-electron chi connectivity index (χ0n) is 19.3. The van der Waals surface area contributed by atoms with Crippen LogP contribution in [-0.4, -0.2) is 66.1 Å². The van der Waals surface area contributed by atoms with E-state index < -0.39 is 0 Å². The molecule has 2 aromatic carbocycles. The number of amides is 2. The second-order valence-electron chi connectivity index (χ2n) is 8.81. The summed E-state index contributed by atoms with van der Waals surface area (Å²) in [4.78, 5) is 33.0. The van der Waals surface area contributed by atoms with Crippen molar-refractivity contribution in [1.82, 2.24) is 9.80 Å². The summed E-state index contributed by atoms with van der Waals surface area (Å²) in [5, 5.41) is 9.25. The summed E-state index contributed by atoms with van der Waals surface area (Å²) in [5.74, 6) is -0.526. The summed E-state index contributed by atoms with van der Waals surface area (Å²) in [6.45, 7) is 11.5. The third-order valence-corrected chi connectivity index (χ3v) is 6.56. The maximum absolute atomic E-state index is 13.7. The Labute approximate surface area is 189 Å². The zero-order valence-corrected chi connectivity index (χ0v) is 19.3. The molecule has 0 spiro atoms. The molecular formula is C26H31N3O3. The van der Waals surface area contributed by atoms with Gasteiger partial charge in [-0.2, -0.15) is 0 Å². The van der Waals surface area contributed by atoms with Crippen LogP contribution in [0.15, 0.2) is 42.1 Å². The quantitative estimate of drug-likeness (QED) is 0.735. The molecule has 6 heteroatoms. The van der Waals surface area contributed by atoms with E-state index in [4.69, 9.17) is 0 Å². The molecule has 1 N–H and O–H groups in total. The minimum absolute atomic E-state index is 0.120. The highest BCUT2D eigenvalue weighted by Gasteiger charge is 2.43. The van der Waals surface area contributed by atoms with Gasteiger partial charge in [0.1, 0.15) is 5.70 Å². The molecule has 0 saturated carbocycles. The van der Waals surface area contributed by atoms with Crippen LogP contribution < -0.4 is 4.90 Å². The van der Waals surface area contributed by atoms with Crippen molar-refractivity contribution < 1.29 is 14.7 Å². The van der Waals surface area contributed by atoms with Crippen LogP contribution in [0, 0.1) is 27.7 Å². The summed E-state index contributed by atoms with van der Waals surface area (Å²) in [6, 6.07) is 11.7. The third kappa shape index (κ3) is 3.96. The van der Waals surface area contributed by atoms with Crippen molar-refractivity contribution in [3.05, 3.63) is 69.9 Å². The topological polar surface area (TPSA) is 64.1 Å². The summed E-state index contributed by atoms with van der Waals surface area (Å²) in [7, 11) is 0. The molecule has 1 fully saturated rings. The van der Waals surface area contributed by atoms with E-state index in [9.17, 15) is 14.7 Å².